The summed E-state index contributed by atoms with van der Waals surface area (Å²) in [4.78, 5) is 24.3. The first-order valence-electron chi connectivity index (χ1n) is 8.32. The van der Waals surface area contributed by atoms with Gasteiger partial charge in [0.25, 0.3) is 0 Å². The number of esters is 2. The number of phenolic OH excluding ortho intramolecular Hbond substituents is 2. The van der Waals surface area contributed by atoms with Gasteiger partial charge in [0.15, 0.2) is 17.1 Å². The first kappa shape index (κ1) is 18.9. The maximum absolute atomic E-state index is 12.2. The number of rotatable bonds is 3. The third-order valence-electron chi connectivity index (χ3n) is 4.24. The Hall–Kier alpha value is -2.84. The van der Waals surface area contributed by atoms with Crippen molar-refractivity contribution in [3.8, 4) is 11.5 Å². The van der Waals surface area contributed by atoms with Gasteiger partial charge in [0.05, 0.1) is 0 Å². The maximum Gasteiger partial charge on any atom is 0.345 e. The van der Waals surface area contributed by atoms with E-state index in [1.807, 2.05) is 0 Å². The molecule has 0 unspecified atom stereocenters. The molecule has 2 aliphatic rings. The number of cyclic esters (lactones) is 1. The van der Waals surface area contributed by atoms with Gasteiger partial charge in [0.1, 0.15) is 12.2 Å². The van der Waals surface area contributed by atoms with Gasteiger partial charge in [-0.25, -0.2) is 9.59 Å². The number of phenols is 2. The highest BCUT2D eigenvalue weighted by Crippen LogP contribution is 2.40. The van der Waals surface area contributed by atoms with Gasteiger partial charge >= 0.3 is 11.9 Å². The van der Waals surface area contributed by atoms with Gasteiger partial charge in [0, 0.05) is 26.3 Å². The molecule has 1 aromatic rings. The van der Waals surface area contributed by atoms with Crippen molar-refractivity contribution in [1.82, 2.24) is 0 Å². The van der Waals surface area contributed by atoms with Crippen LogP contribution in [0.4, 0.5) is 0 Å². The van der Waals surface area contributed by atoms with E-state index in [1.54, 1.807) is 13.8 Å². The van der Waals surface area contributed by atoms with E-state index in [4.69, 9.17) is 14.2 Å². The van der Waals surface area contributed by atoms with Crippen LogP contribution in [0.5, 0.6) is 11.5 Å². The summed E-state index contributed by atoms with van der Waals surface area (Å²) in [6.07, 6.45) is 3.09. The summed E-state index contributed by atoms with van der Waals surface area (Å²) in [6, 6.07) is 4.05. The first-order valence-corrected chi connectivity index (χ1v) is 8.32. The number of hydrogen-bond acceptors (Lipinski definition) is 8. The molecule has 0 aromatic heterocycles. The minimum atomic E-state index is -1.40. The predicted molar refractivity (Wildman–Crippen MR) is 92.4 cm³/mol. The smallest absolute Gasteiger partial charge is 0.345 e. The van der Waals surface area contributed by atoms with Crippen molar-refractivity contribution in [3.05, 3.63) is 42.0 Å². The van der Waals surface area contributed by atoms with Crippen LogP contribution in [0.3, 0.4) is 0 Å². The second-order valence-corrected chi connectivity index (χ2v) is 6.89. The molecule has 144 valence electrons. The zero-order chi connectivity index (χ0) is 19.8. The molecule has 3 rings (SSSR count). The molecule has 1 aromatic carbocycles. The number of aromatic hydroxyl groups is 2. The topological polar surface area (TPSA) is 123 Å². The maximum atomic E-state index is 12.2. The first-order chi connectivity index (χ1) is 12.6. The number of hydrogen-bond donors (Lipinski definition) is 3. The Labute approximate surface area is 155 Å². The minimum absolute atomic E-state index is 0.0769. The largest absolute Gasteiger partial charge is 0.504 e. The number of carbonyl (C=O) groups excluding carboxylic acids is 2. The van der Waals surface area contributed by atoms with Crippen LogP contribution in [0.15, 0.2) is 36.4 Å². The Bertz CT molecular complexity index is 825. The molecule has 1 aliphatic carbocycles. The van der Waals surface area contributed by atoms with E-state index in [0.29, 0.717) is 5.56 Å². The van der Waals surface area contributed by atoms with Gasteiger partial charge < -0.3 is 29.5 Å². The number of carbonyl (C=O) groups is 2. The van der Waals surface area contributed by atoms with Crippen molar-refractivity contribution in [1.29, 1.82) is 0 Å². The van der Waals surface area contributed by atoms with Crippen molar-refractivity contribution in [3.63, 3.8) is 0 Å². The lowest BCUT2D eigenvalue weighted by Gasteiger charge is -2.32. The second kappa shape index (κ2) is 6.71. The van der Waals surface area contributed by atoms with Crippen LogP contribution in [0.2, 0.25) is 0 Å². The van der Waals surface area contributed by atoms with Crippen LogP contribution >= 0.6 is 0 Å². The number of aliphatic hydroxyl groups is 1. The van der Waals surface area contributed by atoms with E-state index in [9.17, 15) is 24.9 Å². The molecule has 0 amide bonds. The summed E-state index contributed by atoms with van der Waals surface area (Å²) in [5.41, 5.74) is -0.938. The fourth-order valence-electron chi connectivity index (χ4n) is 3.01. The summed E-state index contributed by atoms with van der Waals surface area (Å²) in [5.74, 6) is -3.06. The molecule has 8 heteroatoms. The molecular weight excluding hydrogens is 356 g/mol. The minimum Gasteiger partial charge on any atom is -0.504 e. The molecule has 3 atom stereocenters. The quantitative estimate of drug-likeness (QED) is 0.313. The van der Waals surface area contributed by atoms with E-state index < -0.39 is 35.5 Å². The standard InChI is InChI=1S/C19H20O8/c1-18(2)26-17(24)19(27-18)8-7-13(21)15(10-19)25-16(23)6-4-11-3-5-12(20)14(22)9-11/h3-9,13,15,20-22H,10H2,1-2H3/b6-4+/t13-,15-,19+/m1/s1. The molecular formula is C19H20O8. The average molecular weight is 376 g/mol. The van der Waals surface area contributed by atoms with Gasteiger partial charge in [0.2, 0.25) is 5.79 Å². The Kier molecular flexibility index (Phi) is 4.71. The van der Waals surface area contributed by atoms with E-state index in [0.717, 1.165) is 6.08 Å². The zero-order valence-corrected chi connectivity index (χ0v) is 14.8. The predicted octanol–water partition coefficient (Wildman–Crippen LogP) is 1.39. The van der Waals surface area contributed by atoms with Crippen molar-refractivity contribution >= 4 is 18.0 Å². The lowest BCUT2D eigenvalue weighted by atomic mass is 9.87. The Morgan fingerprint density at radius 1 is 1.30 bits per heavy atom. The Morgan fingerprint density at radius 3 is 2.67 bits per heavy atom. The van der Waals surface area contributed by atoms with Gasteiger partial charge in [-0.2, -0.15) is 0 Å². The van der Waals surface area contributed by atoms with E-state index >= 15 is 0 Å². The molecule has 27 heavy (non-hydrogen) atoms. The molecule has 1 fully saturated rings. The van der Waals surface area contributed by atoms with E-state index in [1.165, 1.54) is 36.4 Å². The highest BCUT2D eigenvalue weighted by atomic mass is 16.8. The van der Waals surface area contributed by atoms with Crippen LogP contribution in [-0.4, -0.2) is 50.9 Å². The van der Waals surface area contributed by atoms with Gasteiger partial charge in [-0.1, -0.05) is 12.1 Å². The molecule has 1 saturated heterocycles. The SMILES string of the molecule is CC1(C)OC(=O)[C@@]2(C=C[C@@H](O)[C@H](OC(=O)/C=C/c3ccc(O)c(O)c3)C2)O1. The average Bonchev–Trinajstić information content (AvgIpc) is 2.80. The number of aliphatic hydroxyl groups excluding tert-OH is 1. The summed E-state index contributed by atoms with van der Waals surface area (Å²) >= 11 is 0. The Morgan fingerprint density at radius 2 is 2.04 bits per heavy atom. The van der Waals surface area contributed by atoms with Crippen LogP contribution in [0.1, 0.15) is 25.8 Å². The molecule has 0 bridgehead atoms. The van der Waals surface area contributed by atoms with Crippen molar-refractivity contribution in [2.24, 2.45) is 0 Å². The molecule has 1 spiro atoms. The van der Waals surface area contributed by atoms with Crippen LogP contribution < -0.4 is 0 Å². The van der Waals surface area contributed by atoms with Gasteiger partial charge in [-0.15, -0.1) is 0 Å². The number of ether oxygens (including phenoxy) is 3. The number of benzene rings is 1. The highest BCUT2D eigenvalue weighted by Gasteiger charge is 2.56. The molecule has 1 aliphatic heterocycles. The molecule has 8 nitrogen and oxygen atoms in total. The molecule has 3 N–H and O–H groups in total. The summed E-state index contributed by atoms with van der Waals surface area (Å²) in [5, 5.41) is 28.8. The summed E-state index contributed by atoms with van der Waals surface area (Å²) in [7, 11) is 0. The van der Waals surface area contributed by atoms with Crippen molar-refractivity contribution in [2.45, 2.75) is 43.9 Å². The fourth-order valence-corrected chi connectivity index (χ4v) is 3.01. The fraction of sp³-hybridized carbons (Fsp3) is 0.368. The highest BCUT2D eigenvalue weighted by molar-refractivity contribution is 5.88. The van der Waals surface area contributed by atoms with E-state index in [2.05, 4.69) is 0 Å². The monoisotopic (exact) mass is 376 g/mol. The third-order valence-corrected chi connectivity index (χ3v) is 4.24. The van der Waals surface area contributed by atoms with Crippen molar-refractivity contribution < 1.29 is 39.1 Å². The third kappa shape index (κ3) is 3.96. The van der Waals surface area contributed by atoms with Crippen LogP contribution in [-0.2, 0) is 23.8 Å². The van der Waals surface area contributed by atoms with Crippen LogP contribution in [0, 0.1) is 0 Å². The van der Waals surface area contributed by atoms with Crippen LogP contribution in [0.25, 0.3) is 6.08 Å². The lowest BCUT2D eigenvalue weighted by molar-refractivity contribution is -0.170. The summed E-state index contributed by atoms with van der Waals surface area (Å²) < 4.78 is 16.1. The normalized spacial score (nSPS) is 29.2. The summed E-state index contributed by atoms with van der Waals surface area (Å²) in [6.45, 7) is 3.19. The van der Waals surface area contributed by atoms with Crippen molar-refractivity contribution in [2.75, 3.05) is 0 Å². The Balaban J connectivity index is 1.68. The zero-order valence-electron chi connectivity index (χ0n) is 14.8. The van der Waals surface area contributed by atoms with Gasteiger partial charge in [-0.05, 0) is 29.8 Å². The lowest BCUT2D eigenvalue weighted by Crippen LogP contribution is -2.47. The molecule has 0 saturated carbocycles. The molecule has 0 radical (unpaired) electrons. The molecule has 1 heterocycles. The van der Waals surface area contributed by atoms with Gasteiger partial charge in [-0.3, -0.25) is 0 Å². The van der Waals surface area contributed by atoms with E-state index in [-0.39, 0.29) is 17.9 Å². The second-order valence-electron chi connectivity index (χ2n) is 6.89.